The Labute approximate surface area is 233 Å². The lowest BCUT2D eigenvalue weighted by molar-refractivity contribution is -0.192. The molecule has 1 aromatic heterocycles. The van der Waals surface area contributed by atoms with E-state index in [1.54, 1.807) is 30.3 Å². The van der Waals surface area contributed by atoms with Crippen LogP contribution in [0.3, 0.4) is 0 Å². The van der Waals surface area contributed by atoms with Crippen LogP contribution in [0.1, 0.15) is 30.9 Å². The number of hydrogen-bond donors (Lipinski definition) is 3. The molecule has 10 nitrogen and oxygen atoms in total. The topological polar surface area (TPSA) is 138 Å². The van der Waals surface area contributed by atoms with E-state index in [0.29, 0.717) is 37.4 Å². The number of carboxylic acids is 1. The van der Waals surface area contributed by atoms with E-state index in [-0.39, 0.29) is 24.8 Å². The predicted octanol–water partition coefficient (Wildman–Crippen LogP) is 3.38. The predicted molar refractivity (Wildman–Crippen MR) is 138 cm³/mol. The normalized spacial score (nSPS) is 15.3. The number of alkyl carbamates (subject to hydrolysis) is 1. The molecule has 2 aromatic rings. The van der Waals surface area contributed by atoms with Crippen LogP contribution in [0.2, 0.25) is 5.02 Å². The van der Waals surface area contributed by atoms with Gasteiger partial charge in [-0.1, -0.05) is 35.9 Å². The summed E-state index contributed by atoms with van der Waals surface area (Å²) in [5, 5.41) is 13.4. The molecule has 0 spiro atoms. The molecular weight excluding hydrogens is 557 g/mol. The number of carboxylic acid groups (broad SMARTS) is 1. The van der Waals surface area contributed by atoms with Crippen LogP contribution >= 0.6 is 11.6 Å². The van der Waals surface area contributed by atoms with Gasteiger partial charge in [-0.05, 0) is 49.4 Å². The number of nitrogens with one attached hydrogen (secondary N) is 2. The number of benzene rings is 1. The number of amides is 3. The zero-order valence-electron chi connectivity index (χ0n) is 21.6. The molecule has 1 aliphatic heterocycles. The highest BCUT2D eigenvalue weighted by molar-refractivity contribution is 6.31. The molecule has 1 aliphatic rings. The van der Waals surface area contributed by atoms with Crippen LogP contribution in [-0.2, 0) is 32.0 Å². The fourth-order valence-electron chi connectivity index (χ4n) is 3.91. The summed E-state index contributed by atoms with van der Waals surface area (Å²) in [5.41, 5.74) is 1.75. The minimum absolute atomic E-state index is 0.194. The smallest absolute Gasteiger partial charge is 0.475 e. The number of aromatic nitrogens is 1. The number of carbonyl (C=O) groups excluding carboxylic acids is 3. The molecule has 0 aliphatic carbocycles. The second-order valence-electron chi connectivity index (χ2n) is 8.61. The molecule has 3 amide bonds. The molecule has 2 atom stereocenters. The SMILES string of the molecule is CCOC(=O)N[C@@H](Cc1cccnc1)C(=O)N1CCC[C@H]1C(=O)NCCc1ccccc1Cl.O=C(O)C(F)(F)F. The fraction of sp³-hybridized carbons (Fsp3) is 0.423. The van der Waals surface area contributed by atoms with Crippen molar-refractivity contribution in [2.45, 2.75) is 50.9 Å². The van der Waals surface area contributed by atoms with Gasteiger partial charge in [0.05, 0.1) is 6.61 Å². The van der Waals surface area contributed by atoms with Crippen molar-refractivity contribution >= 4 is 35.5 Å². The van der Waals surface area contributed by atoms with Gasteiger partial charge in [-0.25, -0.2) is 9.59 Å². The number of nitrogens with zero attached hydrogens (tertiary/aromatic N) is 2. The average molecular weight is 587 g/mol. The van der Waals surface area contributed by atoms with E-state index < -0.39 is 30.3 Å². The molecule has 40 heavy (non-hydrogen) atoms. The van der Waals surface area contributed by atoms with Gasteiger partial charge in [-0.15, -0.1) is 0 Å². The van der Waals surface area contributed by atoms with Gasteiger partial charge in [0.25, 0.3) is 0 Å². The van der Waals surface area contributed by atoms with E-state index in [4.69, 9.17) is 26.2 Å². The lowest BCUT2D eigenvalue weighted by atomic mass is 10.1. The maximum Gasteiger partial charge on any atom is 0.490 e. The van der Waals surface area contributed by atoms with Crippen molar-refractivity contribution in [1.29, 1.82) is 0 Å². The van der Waals surface area contributed by atoms with Crippen LogP contribution in [-0.4, -0.2) is 76.8 Å². The number of ether oxygens (including phenoxy) is 1. The Bertz CT molecular complexity index is 1150. The van der Waals surface area contributed by atoms with Crippen LogP contribution < -0.4 is 10.6 Å². The molecule has 3 N–H and O–H groups in total. The number of pyridine rings is 1. The first-order valence-corrected chi connectivity index (χ1v) is 12.8. The Hall–Kier alpha value is -3.87. The van der Waals surface area contributed by atoms with Gasteiger partial charge < -0.3 is 25.4 Å². The lowest BCUT2D eigenvalue weighted by Crippen LogP contribution is -2.54. The number of alkyl halides is 3. The highest BCUT2D eigenvalue weighted by Crippen LogP contribution is 2.20. The second-order valence-corrected chi connectivity index (χ2v) is 9.01. The molecule has 218 valence electrons. The molecule has 3 rings (SSSR count). The number of halogens is 4. The minimum atomic E-state index is -5.08. The van der Waals surface area contributed by atoms with Crippen molar-refractivity contribution in [1.82, 2.24) is 20.5 Å². The Morgan fingerprint density at radius 1 is 1.20 bits per heavy atom. The van der Waals surface area contributed by atoms with E-state index in [2.05, 4.69) is 15.6 Å². The van der Waals surface area contributed by atoms with Gasteiger partial charge in [-0.3, -0.25) is 14.6 Å². The molecule has 14 heteroatoms. The fourth-order valence-corrected chi connectivity index (χ4v) is 4.14. The van der Waals surface area contributed by atoms with Crippen LogP contribution in [0.15, 0.2) is 48.8 Å². The summed E-state index contributed by atoms with van der Waals surface area (Å²) in [4.78, 5) is 52.9. The van der Waals surface area contributed by atoms with Crippen molar-refractivity contribution in [3.63, 3.8) is 0 Å². The maximum absolute atomic E-state index is 13.4. The Balaban J connectivity index is 0.000000708. The molecular formula is C26H30ClF3N4O6. The van der Waals surface area contributed by atoms with Crippen molar-refractivity contribution in [2.75, 3.05) is 19.7 Å². The standard InChI is InChI=1S/C24H29ClN4O4.C2HF3O2/c1-2-33-24(32)28-20(15-17-7-5-12-26-16-17)23(31)29-14-6-10-21(29)22(30)27-13-11-18-8-3-4-9-19(18)25;3-2(4,5)1(6)7/h3-5,7-9,12,16,20-21H,2,6,10-11,13-15H2,1H3,(H,27,30)(H,28,32);(H,6,7)/t20-,21-;/m0./s1. The third kappa shape index (κ3) is 10.4. The maximum atomic E-state index is 13.4. The molecule has 0 radical (unpaired) electrons. The number of hydrogen-bond acceptors (Lipinski definition) is 6. The Morgan fingerprint density at radius 2 is 1.90 bits per heavy atom. The molecule has 2 heterocycles. The number of rotatable bonds is 9. The van der Waals surface area contributed by atoms with Gasteiger partial charge in [0.15, 0.2) is 0 Å². The first kappa shape index (κ1) is 32.3. The average Bonchev–Trinajstić information content (AvgIpc) is 3.40. The first-order chi connectivity index (χ1) is 18.9. The van der Waals surface area contributed by atoms with E-state index in [9.17, 15) is 27.6 Å². The molecule has 1 aromatic carbocycles. The van der Waals surface area contributed by atoms with E-state index in [1.165, 1.54) is 0 Å². The summed E-state index contributed by atoms with van der Waals surface area (Å²) in [7, 11) is 0. The summed E-state index contributed by atoms with van der Waals surface area (Å²) in [6.07, 6.45) is -0.322. The highest BCUT2D eigenvalue weighted by atomic mass is 35.5. The third-order valence-electron chi connectivity index (χ3n) is 5.76. The monoisotopic (exact) mass is 586 g/mol. The molecule has 0 unspecified atom stereocenters. The number of aliphatic carboxylic acids is 1. The molecule has 0 bridgehead atoms. The minimum Gasteiger partial charge on any atom is -0.475 e. The van der Waals surface area contributed by atoms with Crippen molar-refractivity contribution in [2.24, 2.45) is 0 Å². The lowest BCUT2D eigenvalue weighted by Gasteiger charge is -2.28. The van der Waals surface area contributed by atoms with E-state index in [1.807, 2.05) is 30.3 Å². The number of likely N-dealkylation sites (tertiary alicyclic amines) is 1. The van der Waals surface area contributed by atoms with Crippen LogP contribution in [0, 0.1) is 0 Å². The van der Waals surface area contributed by atoms with Crippen LogP contribution in [0.25, 0.3) is 0 Å². The highest BCUT2D eigenvalue weighted by Gasteiger charge is 2.39. The summed E-state index contributed by atoms with van der Waals surface area (Å²) in [5.74, 6) is -3.27. The van der Waals surface area contributed by atoms with Gasteiger partial charge in [0.2, 0.25) is 11.8 Å². The zero-order chi connectivity index (χ0) is 29.7. The largest absolute Gasteiger partial charge is 0.490 e. The van der Waals surface area contributed by atoms with E-state index >= 15 is 0 Å². The quantitative estimate of drug-likeness (QED) is 0.409. The summed E-state index contributed by atoms with van der Waals surface area (Å²) in [6.45, 7) is 2.76. The molecule has 0 saturated carbocycles. The van der Waals surface area contributed by atoms with Crippen LogP contribution in [0.4, 0.5) is 18.0 Å². The Kier molecular flexibility index (Phi) is 12.7. The molecule has 1 saturated heterocycles. The summed E-state index contributed by atoms with van der Waals surface area (Å²) < 4.78 is 36.7. The van der Waals surface area contributed by atoms with Gasteiger partial charge in [-0.2, -0.15) is 13.2 Å². The summed E-state index contributed by atoms with van der Waals surface area (Å²) in [6, 6.07) is 9.67. The van der Waals surface area contributed by atoms with Gasteiger partial charge in [0.1, 0.15) is 12.1 Å². The van der Waals surface area contributed by atoms with Crippen LogP contribution in [0.5, 0.6) is 0 Å². The Morgan fingerprint density at radius 3 is 2.50 bits per heavy atom. The summed E-state index contributed by atoms with van der Waals surface area (Å²) >= 11 is 6.18. The van der Waals surface area contributed by atoms with Gasteiger partial charge in [0, 0.05) is 36.9 Å². The van der Waals surface area contributed by atoms with Crippen molar-refractivity contribution < 1.29 is 42.2 Å². The first-order valence-electron chi connectivity index (χ1n) is 12.4. The van der Waals surface area contributed by atoms with Gasteiger partial charge >= 0.3 is 18.2 Å². The zero-order valence-corrected chi connectivity index (χ0v) is 22.4. The second kappa shape index (κ2) is 15.7. The van der Waals surface area contributed by atoms with Crippen molar-refractivity contribution in [3.05, 3.63) is 64.9 Å². The molecule has 1 fully saturated rings. The number of carbonyl (C=O) groups is 4. The third-order valence-corrected chi connectivity index (χ3v) is 6.13. The van der Waals surface area contributed by atoms with E-state index in [0.717, 1.165) is 11.1 Å². The van der Waals surface area contributed by atoms with Crippen molar-refractivity contribution in [3.8, 4) is 0 Å².